The van der Waals surface area contributed by atoms with Crippen LogP contribution in [0.4, 0.5) is 13.2 Å². The van der Waals surface area contributed by atoms with Gasteiger partial charge in [-0.2, -0.15) is 0 Å². The molecule has 0 saturated carbocycles. The van der Waals surface area contributed by atoms with Crippen LogP contribution in [0, 0.1) is 11.6 Å². The second-order valence-electron chi connectivity index (χ2n) is 4.60. The minimum Gasteiger partial charge on any atom is -0.350 e. The van der Waals surface area contributed by atoms with Crippen LogP contribution < -0.4 is 10.6 Å². The van der Waals surface area contributed by atoms with E-state index in [1.54, 1.807) is 0 Å². The van der Waals surface area contributed by atoms with Gasteiger partial charge in [-0.1, -0.05) is 6.07 Å². The van der Waals surface area contributed by atoms with E-state index in [-0.39, 0.29) is 13.2 Å². The Morgan fingerprint density at radius 2 is 1.95 bits per heavy atom. The van der Waals surface area contributed by atoms with Crippen molar-refractivity contribution in [1.82, 2.24) is 10.6 Å². The summed E-state index contributed by atoms with van der Waals surface area (Å²) in [7, 11) is 0. The highest BCUT2D eigenvalue weighted by Gasteiger charge is 2.20. The fraction of sp³-hybridized carbons (Fsp3) is 0.429. The van der Waals surface area contributed by atoms with Crippen molar-refractivity contribution in [3.05, 3.63) is 35.4 Å². The van der Waals surface area contributed by atoms with Crippen molar-refractivity contribution in [3.63, 3.8) is 0 Å². The Morgan fingerprint density at radius 1 is 1.27 bits per heavy atom. The zero-order valence-corrected chi connectivity index (χ0v) is 12.2. The highest BCUT2D eigenvalue weighted by atomic mass is 19.2. The zero-order valence-electron chi connectivity index (χ0n) is 12.2. The van der Waals surface area contributed by atoms with Crippen LogP contribution in [0.15, 0.2) is 18.2 Å². The van der Waals surface area contributed by atoms with Crippen LogP contribution in [-0.2, 0) is 20.9 Å². The van der Waals surface area contributed by atoms with Gasteiger partial charge >= 0.3 is 0 Å². The smallest absolute Gasteiger partial charge is 0.245 e. The molecule has 0 aliphatic carbocycles. The Kier molecular flexibility index (Phi) is 6.84. The van der Waals surface area contributed by atoms with Gasteiger partial charge in [0.05, 0.1) is 6.61 Å². The fourth-order valence-electron chi connectivity index (χ4n) is 1.62. The van der Waals surface area contributed by atoms with Crippen molar-refractivity contribution >= 4 is 11.8 Å². The normalized spacial score (nSPS) is 13.3. The van der Waals surface area contributed by atoms with E-state index in [4.69, 9.17) is 0 Å². The maximum absolute atomic E-state index is 13.0. The van der Waals surface area contributed by atoms with Crippen LogP contribution in [0.25, 0.3) is 0 Å². The molecule has 2 amide bonds. The molecule has 0 saturated heterocycles. The van der Waals surface area contributed by atoms with Gasteiger partial charge in [-0.25, -0.2) is 13.2 Å². The second kappa shape index (κ2) is 8.38. The van der Waals surface area contributed by atoms with Gasteiger partial charge in [0.15, 0.2) is 18.0 Å². The predicted octanol–water partition coefficient (Wildman–Crippen LogP) is 1.42. The Hall–Kier alpha value is -2.09. The average molecular weight is 318 g/mol. The van der Waals surface area contributed by atoms with E-state index in [0.717, 1.165) is 19.1 Å². The van der Waals surface area contributed by atoms with Gasteiger partial charge in [-0.3, -0.25) is 9.59 Å². The standard InChI is InChI=1S/C14H17F3N2O3/c1-8(15)22-7-13(19-9(2)20)14(21)18-6-10-3-4-11(16)12(17)5-10/h3-5,8,13H,6-7H2,1-2H3,(H,18,21)(H,19,20)/t8?,13-/m1/s1. The van der Waals surface area contributed by atoms with Gasteiger partial charge in [0.2, 0.25) is 11.8 Å². The number of hydrogen-bond donors (Lipinski definition) is 2. The first-order valence-electron chi connectivity index (χ1n) is 6.54. The van der Waals surface area contributed by atoms with E-state index < -0.39 is 35.8 Å². The highest BCUT2D eigenvalue weighted by molar-refractivity contribution is 5.86. The van der Waals surface area contributed by atoms with Crippen molar-refractivity contribution in [3.8, 4) is 0 Å². The van der Waals surface area contributed by atoms with E-state index in [2.05, 4.69) is 15.4 Å². The summed E-state index contributed by atoms with van der Waals surface area (Å²) in [5.74, 6) is -3.13. The first-order chi connectivity index (χ1) is 10.3. The molecule has 22 heavy (non-hydrogen) atoms. The number of benzene rings is 1. The molecule has 0 radical (unpaired) electrons. The molecule has 0 fully saturated rings. The lowest BCUT2D eigenvalue weighted by molar-refractivity contribution is -0.131. The van der Waals surface area contributed by atoms with Crippen molar-refractivity contribution in [2.24, 2.45) is 0 Å². The number of ether oxygens (including phenoxy) is 1. The molecule has 5 nitrogen and oxygen atoms in total. The average Bonchev–Trinajstić information content (AvgIpc) is 2.43. The quantitative estimate of drug-likeness (QED) is 0.799. The van der Waals surface area contributed by atoms with E-state index in [9.17, 15) is 22.8 Å². The molecule has 0 spiro atoms. The van der Waals surface area contributed by atoms with Gasteiger partial charge in [0.25, 0.3) is 0 Å². The number of halogens is 3. The molecule has 8 heteroatoms. The fourth-order valence-corrected chi connectivity index (χ4v) is 1.62. The molecule has 1 rings (SSSR count). The molecule has 2 atom stereocenters. The third kappa shape index (κ3) is 6.13. The molecular formula is C14H17F3N2O3. The van der Waals surface area contributed by atoms with Crippen LogP contribution in [0.1, 0.15) is 19.4 Å². The molecule has 1 aromatic rings. The second-order valence-corrected chi connectivity index (χ2v) is 4.60. The molecule has 2 N–H and O–H groups in total. The molecule has 0 aromatic heterocycles. The van der Waals surface area contributed by atoms with Crippen LogP contribution in [0.3, 0.4) is 0 Å². The summed E-state index contributed by atoms with van der Waals surface area (Å²) in [4.78, 5) is 22.9. The van der Waals surface area contributed by atoms with Crippen molar-refractivity contribution in [1.29, 1.82) is 0 Å². The molecule has 0 heterocycles. The van der Waals surface area contributed by atoms with Gasteiger partial charge in [-0.05, 0) is 24.6 Å². The first-order valence-corrected chi connectivity index (χ1v) is 6.54. The Labute approximate surface area is 125 Å². The predicted molar refractivity (Wildman–Crippen MR) is 72.3 cm³/mol. The van der Waals surface area contributed by atoms with E-state index in [0.29, 0.717) is 5.56 Å². The summed E-state index contributed by atoms with van der Waals surface area (Å²) in [6.45, 7) is 1.93. The summed E-state index contributed by atoms with van der Waals surface area (Å²) >= 11 is 0. The summed E-state index contributed by atoms with van der Waals surface area (Å²) in [6, 6.07) is 2.12. The maximum Gasteiger partial charge on any atom is 0.245 e. The summed E-state index contributed by atoms with van der Waals surface area (Å²) in [6.07, 6.45) is -1.59. The van der Waals surface area contributed by atoms with Crippen LogP contribution in [0.5, 0.6) is 0 Å². The zero-order chi connectivity index (χ0) is 16.7. The van der Waals surface area contributed by atoms with Gasteiger partial charge in [0.1, 0.15) is 6.04 Å². The molecule has 1 aromatic carbocycles. The lowest BCUT2D eigenvalue weighted by atomic mass is 10.2. The summed E-state index contributed by atoms with van der Waals surface area (Å²) in [5, 5.41) is 4.74. The van der Waals surface area contributed by atoms with E-state index in [1.807, 2.05) is 0 Å². The molecule has 122 valence electrons. The molecule has 0 aliphatic rings. The van der Waals surface area contributed by atoms with Crippen LogP contribution in [-0.4, -0.2) is 30.8 Å². The number of alkyl halides is 1. The lowest BCUT2D eigenvalue weighted by Crippen LogP contribution is -2.48. The van der Waals surface area contributed by atoms with Crippen molar-refractivity contribution in [2.45, 2.75) is 32.8 Å². The lowest BCUT2D eigenvalue weighted by Gasteiger charge is -2.18. The number of amides is 2. The number of nitrogens with one attached hydrogen (secondary N) is 2. The topological polar surface area (TPSA) is 67.4 Å². The minimum atomic E-state index is -1.59. The van der Waals surface area contributed by atoms with Crippen molar-refractivity contribution < 1.29 is 27.5 Å². The SMILES string of the molecule is CC(=O)N[C@H](COC(C)F)C(=O)NCc1ccc(F)c(F)c1. The van der Waals surface area contributed by atoms with Crippen LogP contribution >= 0.6 is 0 Å². The third-order valence-electron chi connectivity index (χ3n) is 2.64. The minimum absolute atomic E-state index is 0.0721. The van der Waals surface area contributed by atoms with Crippen molar-refractivity contribution in [2.75, 3.05) is 6.61 Å². The summed E-state index contributed by atoms with van der Waals surface area (Å²) in [5.41, 5.74) is 0.341. The molecule has 0 bridgehead atoms. The Morgan fingerprint density at radius 3 is 2.50 bits per heavy atom. The molecule has 1 unspecified atom stereocenters. The number of rotatable bonds is 7. The Bertz CT molecular complexity index is 538. The van der Waals surface area contributed by atoms with Crippen LogP contribution in [0.2, 0.25) is 0 Å². The highest BCUT2D eigenvalue weighted by Crippen LogP contribution is 2.08. The number of carbonyl (C=O) groups is 2. The Balaban J connectivity index is 2.61. The van der Waals surface area contributed by atoms with E-state index >= 15 is 0 Å². The number of carbonyl (C=O) groups excluding carboxylic acids is 2. The number of hydrogen-bond acceptors (Lipinski definition) is 3. The third-order valence-corrected chi connectivity index (χ3v) is 2.64. The van der Waals surface area contributed by atoms with Gasteiger partial charge in [0, 0.05) is 13.5 Å². The van der Waals surface area contributed by atoms with Gasteiger partial charge < -0.3 is 15.4 Å². The largest absolute Gasteiger partial charge is 0.350 e. The molecule has 0 aliphatic heterocycles. The monoisotopic (exact) mass is 318 g/mol. The van der Waals surface area contributed by atoms with Gasteiger partial charge in [-0.15, -0.1) is 0 Å². The van der Waals surface area contributed by atoms with E-state index in [1.165, 1.54) is 13.0 Å². The summed E-state index contributed by atoms with van der Waals surface area (Å²) < 4.78 is 43.1. The molecular weight excluding hydrogens is 301 g/mol. The maximum atomic E-state index is 13.0. The first kappa shape index (κ1) is 18.0.